The van der Waals surface area contributed by atoms with Crippen molar-refractivity contribution in [3.05, 3.63) is 0 Å². The van der Waals surface area contributed by atoms with Crippen LogP contribution in [0.3, 0.4) is 0 Å². The molecule has 0 N–H and O–H groups in total. The fourth-order valence-electron chi connectivity index (χ4n) is 3.84. The van der Waals surface area contributed by atoms with Gasteiger partial charge < -0.3 is 0 Å². The molecule has 18 heavy (non-hydrogen) atoms. The van der Waals surface area contributed by atoms with E-state index in [1.165, 1.54) is 6.42 Å². The van der Waals surface area contributed by atoms with Crippen LogP contribution in [0.4, 0.5) is 8.78 Å². The Morgan fingerprint density at radius 1 is 0.944 bits per heavy atom. The third-order valence-corrected chi connectivity index (χ3v) is 4.70. The summed E-state index contributed by atoms with van der Waals surface area (Å²) in [5, 5.41) is 0. The molecule has 0 aromatic carbocycles. The van der Waals surface area contributed by atoms with Gasteiger partial charge in [-0.25, -0.2) is 8.78 Å². The van der Waals surface area contributed by atoms with E-state index in [1.807, 2.05) is 0 Å². The van der Waals surface area contributed by atoms with Gasteiger partial charge in [0.2, 0.25) is 5.92 Å². The summed E-state index contributed by atoms with van der Waals surface area (Å²) in [4.78, 5) is 12.4. The Hall–Kier alpha value is -0.470. The first kappa shape index (κ1) is 14.0. The molecule has 0 aromatic rings. The summed E-state index contributed by atoms with van der Waals surface area (Å²) in [6, 6.07) is 0. The Kier molecular flexibility index (Phi) is 4.08. The molecule has 0 spiro atoms. The molecule has 0 radical (unpaired) electrons. The molecule has 0 bridgehead atoms. The molecular weight excluding hydrogens is 234 g/mol. The summed E-state index contributed by atoms with van der Waals surface area (Å²) in [6.45, 7) is 4.40. The van der Waals surface area contributed by atoms with Gasteiger partial charge in [-0.15, -0.1) is 0 Å². The van der Waals surface area contributed by atoms with Crippen LogP contribution in [0.25, 0.3) is 0 Å². The molecule has 0 aliphatic heterocycles. The van der Waals surface area contributed by atoms with Crippen LogP contribution in [0.2, 0.25) is 0 Å². The average molecular weight is 258 g/mol. The second-order valence-electron chi connectivity index (χ2n) is 6.65. The lowest BCUT2D eigenvalue weighted by molar-refractivity contribution is -0.133. The molecule has 2 fully saturated rings. The van der Waals surface area contributed by atoms with Gasteiger partial charge in [0.25, 0.3) is 0 Å². The number of carbonyl (C=O) groups excluding carboxylic acids is 1. The van der Waals surface area contributed by atoms with Crippen LogP contribution in [0.15, 0.2) is 0 Å². The molecule has 104 valence electrons. The van der Waals surface area contributed by atoms with Gasteiger partial charge in [-0.3, -0.25) is 4.79 Å². The number of hydrogen-bond donors (Lipinski definition) is 0. The first-order chi connectivity index (χ1) is 8.37. The van der Waals surface area contributed by atoms with Crippen molar-refractivity contribution in [2.45, 2.75) is 64.7 Å². The number of ketones is 1. The van der Waals surface area contributed by atoms with Crippen molar-refractivity contribution in [2.75, 3.05) is 0 Å². The number of alkyl halides is 2. The molecule has 0 saturated heterocycles. The first-order valence-electron chi connectivity index (χ1n) is 7.29. The van der Waals surface area contributed by atoms with Crippen LogP contribution in [-0.4, -0.2) is 11.7 Å². The highest BCUT2D eigenvalue weighted by Gasteiger charge is 2.40. The average Bonchev–Trinajstić information content (AvgIpc) is 2.27. The summed E-state index contributed by atoms with van der Waals surface area (Å²) in [5.41, 5.74) is 0. The molecule has 2 aliphatic rings. The van der Waals surface area contributed by atoms with E-state index >= 15 is 0 Å². The molecule has 3 heteroatoms. The highest BCUT2D eigenvalue weighted by atomic mass is 19.3. The summed E-state index contributed by atoms with van der Waals surface area (Å²) in [5.74, 6) is -0.985. The zero-order chi connectivity index (χ0) is 13.3. The smallest absolute Gasteiger partial charge is 0.248 e. The van der Waals surface area contributed by atoms with Crippen molar-refractivity contribution in [1.29, 1.82) is 0 Å². The maximum atomic E-state index is 13.1. The van der Waals surface area contributed by atoms with Gasteiger partial charge >= 0.3 is 0 Å². The van der Waals surface area contributed by atoms with E-state index in [2.05, 4.69) is 13.8 Å². The third-order valence-electron chi connectivity index (χ3n) is 4.70. The fraction of sp³-hybridized carbons (Fsp3) is 0.933. The largest absolute Gasteiger partial charge is 0.299 e. The fourth-order valence-corrected chi connectivity index (χ4v) is 3.84. The molecule has 0 amide bonds. The first-order valence-corrected chi connectivity index (χ1v) is 7.29. The second kappa shape index (κ2) is 5.26. The van der Waals surface area contributed by atoms with E-state index in [9.17, 15) is 13.6 Å². The van der Waals surface area contributed by atoms with E-state index in [0.717, 1.165) is 12.8 Å². The van der Waals surface area contributed by atoms with Gasteiger partial charge in [-0.05, 0) is 43.9 Å². The molecule has 2 unspecified atom stereocenters. The Bertz CT molecular complexity index is 294. The number of Topliss-reactive ketones (excluding diaryl/α,β-unsaturated/α-hetero) is 1. The van der Waals surface area contributed by atoms with Crippen LogP contribution in [-0.2, 0) is 4.79 Å². The topological polar surface area (TPSA) is 17.1 Å². The van der Waals surface area contributed by atoms with Crippen molar-refractivity contribution in [1.82, 2.24) is 0 Å². The van der Waals surface area contributed by atoms with E-state index in [0.29, 0.717) is 24.7 Å². The highest BCUT2D eigenvalue weighted by Crippen LogP contribution is 2.40. The van der Waals surface area contributed by atoms with E-state index in [4.69, 9.17) is 0 Å². The van der Waals surface area contributed by atoms with Crippen LogP contribution >= 0.6 is 0 Å². The van der Waals surface area contributed by atoms with Gasteiger partial charge in [-0.2, -0.15) is 0 Å². The third kappa shape index (κ3) is 3.30. The predicted molar refractivity (Wildman–Crippen MR) is 67.6 cm³/mol. The van der Waals surface area contributed by atoms with Crippen molar-refractivity contribution >= 4 is 5.78 Å². The number of halogens is 2. The molecule has 0 heterocycles. The summed E-state index contributed by atoms with van der Waals surface area (Å²) >= 11 is 0. The van der Waals surface area contributed by atoms with Crippen molar-refractivity contribution in [3.63, 3.8) is 0 Å². The molecule has 2 atom stereocenters. The Balaban J connectivity index is 1.91. The minimum atomic E-state index is -2.52. The monoisotopic (exact) mass is 258 g/mol. The normalized spacial score (nSPS) is 37.4. The minimum Gasteiger partial charge on any atom is -0.299 e. The lowest BCUT2D eigenvalue weighted by Gasteiger charge is -2.34. The Morgan fingerprint density at radius 3 is 1.94 bits per heavy atom. The van der Waals surface area contributed by atoms with Gasteiger partial charge in [0.15, 0.2) is 0 Å². The highest BCUT2D eigenvalue weighted by molar-refractivity contribution is 5.83. The molecular formula is C15H24F2O. The maximum absolute atomic E-state index is 13.1. The van der Waals surface area contributed by atoms with Crippen LogP contribution < -0.4 is 0 Å². The maximum Gasteiger partial charge on any atom is 0.248 e. The van der Waals surface area contributed by atoms with E-state index < -0.39 is 5.92 Å². The van der Waals surface area contributed by atoms with Crippen molar-refractivity contribution < 1.29 is 13.6 Å². The number of carbonyl (C=O) groups is 1. The minimum absolute atomic E-state index is 0.0906. The van der Waals surface area contributed by atoms with E-state index in [-0.39, 0.29) is 30.5 Å². The second-order valence-corrected chi connectivity index (χ2v) is 6.65. The Morgan fingerprint density at radius 2 is 1.44 bits per heavy atom. The molecule has 1 nitrogen and oxygen atoms in total. The molecule has 0 aromatic heterocycles. The SMILES string of the molecule is CC1CC(C)CC(C(=O)C2CCC(F)(F)CC2)C1. The molecule has 2 aliphatic carbocycles. The summed E-state index contributed by atoms with van der Waals surface area (Å²) in [7, 11) is 0. The van der Waals surface area contributed by atoms with Gasteiger partial charge in [-0.1, -0.05) is 13.8 Å². The Labute approximate surface area is 108 Å². The summed E-state index contributed by atoms with van der Waals surface area (Å²) < 4.78 is 26.2. The zero-order valence-corrected chi connectivity index (χ0v) is 11.4. The zero-order valence-electron chi connectivity index (χ0n) is 11.4. The van der Waals surface area contributed by atoms with Gasteiger partial charge in [0, 0.05) is 24.7 Å². The van der Waals surface area contributed by atoms with Crippen molar-refractivity contribution in [2.24, 2.45) is 23.7 Å². The number of rotatable bonds is 2. The predicted octanol–water partition coefficient (Wildman–Crippen LogP) is 4.45. The standard InChI is InChI=1S/C15H24F2O/c1-10-7-11(2)9-13(8-10)14(18)12-3-5-15(16,17)6-4-12/h10-13H,3-9H2,1-2H3. The van der Waals surface area contributed by atoms with Gasteiger partial charge in [0.05, 0.1) is 0 Å². The van der Waals surface area contributed by atoms with Crippen LogP contribution in [0.5, 0.6) is 0 Å². The van der Waals surface area contributed by atoms with Gasteiger partial charge in [0.1, 0.15) is 5.78 Å². The molecule has 2 saturated carbocycles. The number of hydrogen-bond acceptors (Lipinski definition) is 1. The van der Waals surface area contributed by atoms with E-state index in [1.54, 1.807) is 0 Å². The lowest BCUT2D eigenvalue weighted by Crippen LogP contribution is -2.34. The quantitative estimate of drug-likeness (QED) is 0.715. The summed E-state index contributed by atoms with van der Waals surface area (Å²) in [6.07, 6.45) is 3.73. The lowest BCUT2D eigenvalue weighted by atomic mass is 9.70. The van der Waals surface area contributed by atoms with Crippen LogP contribution in [0.1, 0.15) is 58.8 Å². The van der Waals surface area contributed by atoms with Crippen molar-refractivity contribution in [3.8, 4) is 0 Å². The van der Waals surface area contributed by atoms with Crippen LogP contribution in [0, 0.1) is 23.7 Å². The molecule has 2 rings (SSSR count).